The summed E-state index contributed by atoms with van der Waals surface area (Å²) < 4.78 is 33.5. The molecule has 21 heteroatoms. The molecule has 3 aliphatic heterocycles. The first kappa shape index (κ1) is 52.7. The molecule has 1 fully saturated rings. The molecule has 5 heterocycles. The lowest BCUT2D eigenvalue weighted by molar-refractivity contribution is -0.146. The maximum absolute atomic E-state index is 14.7. The van der Waals surface area contributed by atoms with Crippen molar-refractivity contribution in [2.75, 3.05) is 70.9 Å². The Labute approximate surface area is 418 Å². The van der Waals surface area contributed by atoms with E-state index in [1.165, 1.54) is 32.7 Å². The smallest absolute Gasteiger partial charge is 0.254 e. The van der Waals surface area contributed by atoms with E-state index in [-0.39, 0.29) is 107 Å². The number of pyridine rings is 1. The number of halogens is 1. The zero-order chi connectivity index (χ0) is 51.9. The van der Waals surface area contributed by atoms with Crippen molar-refractivity contribution in [1.82, 2.24) is 40.5 Å². The van der Waals surface area contributed by atoms with E-state index in [0.29, 0.717) is 52.4 Å². The number of carbonyl (C=O) groups excluding carboxylic acids is 5. The fourth-order valence-corrected chi connectivity index (χ4v) is 9.36. The molecule has 384 valence electrons. The molecule has 20 nitrogen and oxygen atoms in total. The summed E-state index contributed by atoms with van der Waals surface area (Å²) in [5.41, 5.74) is 16.6. The van der Waals surface area contributed by atoms with Gasteiger partial charge in [0.25, 0.3) is 5.91 Å². The van der Waals surface area contributed by atoms with Crippen LogP contribution in [0.25, 0.3) is 11.1 Å². The van der Waals surface area contributed by atoms with Crippen molar-refractivity contribution in [3.63, 3.8) is 0 Å². The molecular weight excluding hydrogens is 928 g/mol. The minimum absolute atomic E-state index is 0.0423. The van der Waals surface area contributed by atoms with E-state index in [0.717, 1.165) is 17.5 Å². The lowest BCUT2D eigenvalue weighted by atomic mass is 9.84. The fourth-order valence-electron chi connectivity index (χ4n) is 9.36. The maximum Gasteiger partial charge on any atom is 0.254 e. The van der Waals surface area contributed by atoms with Crippen molar-refractivity contribution in [1.29, 1.82) is 5.26 Å². The van der Waals surface area contributed by atoms with Gasteiger partial charge in [0.2, 0.25) is 23.6 Å². The summed E-state index contributed by atoms with van der Waals surface area (Å²) in [5.74, 6) is -1.56. The van der Waals surface area contributed by atoms with Crippen LogP contribution >= 0.6 is 0 Å². The highest BCUT2D eigenvalue weighted by Crippen LogP contribution is 2.42. The first-order valence-corrected chi connectivity index (χ1v) is 24.2. The molecule has 0 saturated carbocycles. The quantitative estimate of drug-likeness (QED) is 0.0899. The van der Waals surface area contributed by atoms with Crippen LogP contribution in [0.5, 0.6) is 5.75 Å². The topological polar surface area (TPSA) is 265 Å². The Hall–Kier alpha value is -7.15. The number of primary amides is 1. The molecule has 1 saturated heterocycles. The zero-order valence-electron chi connectivity index (χ0n) is 41.8. The summed E-state index contributed by atoms with van der Waals surface area (Å²) >= 11 is 0. The number of anilines is 2. The van der Waals surface area contributed by atoms with Crippen molar-refractivity contribution in [3.05, 3.63) is 88.1 Å². The lowest BCUT2D eigenvalue weighted by Gasteiger charge is -2.40. The third-order valence-corrected chi connectivity index (χ3v) is 13.3. The van der Waals surface area contributed by atoms with Gasteiger partial charge in [-0.1, -0.05) is 26.8 Å². The molecule has 2 aromatic carbocycles. The molecule has 3 aliphatic rings. The van der Waals surface area contributed by atoms with Gasteiger partial charge in [-0.05, 0) is 85.3 Å². The van der Waals surface area contributed by atoms with E-state index in [2.05, 4.69) is 27.0 Å². The monoisotopic (exact) mass is 993 g/mol. The Morgan fingerprint density at radius 3 is 2.49 bits per heavy atom. The molecule has 0 spiro atoms. The number of hydrogen-bond acceptors (Lipinski definition) is 14. The molecular formula is C51H65FN12O8. The summed E-state index contributed by atoms with van der Waals surface area (Å²) in [5, 5.41) is 23.8. The number of nitrogens with zero attached hydrogens (tertiary/aromatic N) is 7. The molecule has 0 aliphatic carbocycles. The highest BCUT2D eigenvalue weighted by molar-refractivity contribution is 5.96. The molecule has 2 aromatic heterocycles. The van der Waals surface area contributed by atoms with Crippen LogP contribution in [0.1, 0.15) is 91.4 Å². The van der Waals surface area contributed by atoms with Gasteiger partial charge in [0.05, 0.1) is 63.0 Å². The molecule has 5 amide bonds. The molecule has 7 N–H and O–H groups in total. The van der Waals surface area contributed by atoms with E-state index in [4.69, 9.17) is 30.8 Å². The van der Waals surface area contributed by atoms with Gasteiger partial charge in [-0.3, -0.25) is 28.7 Å². The zero-order valence-corrected chi connectivity index (χ0v) is 41.8. The Morgan fingerprint density at radius 1 is 1.01 bits per heavy atom. The number of likely N-dealkylation sites (N-methyl/N-ethyl adjacent to an activating group) is 1. The van der Waals surface area contributed by atoms with Crippen LogP contribution in [-0.4, -0.2) is 132 Å². The maximum atomic E-state index is 14.7. The lowest BCUT2D eigenvalue weighted by Crippen LogP contribution is -2.61. The second-order valence-electron chi connectivity index (χ2n) is 19.4. The summed E-state index contributed by atoms with van der Waals surface area (Å²) in [4.78, 5) is 75.7. The number of nitrogens with two attached hydrogens (primary N) is 2. The number of nitriles is 1. The predicted molar refractivity (Wildman–Crippen MR) is 264 cm³/mol. The van der Waals surface area contributed by atoms with Crippen LogP contribution in [0, 0.1) is 22.6 Å². The molecule has 0 unspecified atom stereocenters. The van der Waals surface area contributed by atoms with Gasteiger partial charge in [-0.25, -0.2) is 9.37 Å². The number of aromatic nitrogens is 3. The first-order valence-electron chi connectivity index (χ1n) is 24.2. The number of hydrogen-bond donors (Lipinski definition) is 5. The van der Waals surface area contributed by atoms with Gasteiger partial charge < -0.3 is 56.3 Å². The SMILES string of the molecule is CN[C@@H](C)C(=O)N[C@H](C(=O)N1Cc2cc(OCCOCCOCCC(=O)NCCn3nc4c(c3C#N)-c3cnc(N)c(c3)N3CCC[C@@H]3c3cc(F)ccc3C(=O)N(C)C4)ccc2C[C@H]1C(N)=O)C(C)(C)C. The van der Waals surface area contributed by atoms with Crippen LogP contribution < -0.4 is 37.1 Å². The normalized spacial score (nSPS) is 17.2. The van der Waals surface area contributed by atoms with Crippen LogP contribution in [-0.2, 0) is 54.7 Å². The van der Waals surface area contributed by atoms with Gasteiger partial charge in [0.15, 0.2) is 0 Å². The van der Waals surface area contributed by atoms with Gasteiger partial charge >= 0.3 is 0 Å². The van der Waals surface area contributed by atoms with Gasteiger partial charge in [0.1, 0.15) is 47.8 Å². The largest absolute Gasteiger partial charge is 0.491 e. The summed E-state index contributed by atoms with van der Waals surface area (Å²) in [7, 11) is 3.30. The van der Waals surface area contributed by atoms with Crippen molar-refractivity contribution >= 4 is 41.0 Å². The third kappa shape index (κ3) is 11.9. The van der Waals surface area contributed by atoms with Crippen molar-refractivity contribution in [2.45, 2.75) is 97.2 Å². The van der Waals surface area contributed by atoms with E-state index >= 15 is 0 Å². The minimum atomic E-state index is -0.906. The summed E-state index contributed by atoms with van der Waals surface area (Å²) in [6, 6.07) is 11.2. The molecule has 72 heavy (non-hydrogen) atoms. The fraction of sp³-hybridized carbons (Fsp3) is 0.490. The number of nitrogen functional groups attached to an aromatic ring is 1. The third-order valence-electron chi connectivity index (χ3n) is 13.3. The second-order valence-corrected chi connectivity index (χ2v) is 19.4. The highest BCUT2D eigenvalue weighted by Gasteiger charge is 2.42. The van der Waals surface area contributed by atoms with E-state index < -0.39 is 41.2 Å². The molecule has 4 aromatic rings. The van der Waals surface area contributed by atoms with Gasteiger partial charge in [-0.15, -0.1) is 0 Å². The van der Waals surface area contributed by atoms with Crippen LogP contribution in [0.4, 0.5) is 15.9 Å². The number of amides is 5. The van der Waals surface area contributed by atoms with Crippen molar-refractivity contribution in [3.8, 4) is 22.9 Å². The number of carbonyl (C=O) groups is 5. The van der Waals surface area contributed by atoms with E-state index in [1.54, 1.807) is 33.3 Å². The highest BCUT2D eigenvalue weighted by atomic mass is 19.1. The Balaban J connectivity index is 0.868. The van der Waals surface area contributed by atoms with Crippen LogP contribution in [0.15, 0.2) is 48.7 Å². The van der Waals surface area contributed by atoms with Gasteiger partial charge in [-0.2, -0.15) is 10.4 Å². The van der Waals surface area contributed by atoms with Crippen LogP contribution in [0.3, 0.4) is 0 Å². The average molecular weight is 993 g/mol. The number of ether oxygens (including phenoxy) is 3. The number of benzene rings is 2. The van der Waals surface area contributed by atoms with Crippen molar-refractivity contribution in [2.24, 2.45) is 11.1 Å². The number of nitrogens with one attached hydrogen (secondary N) is 3. The Morgan fingerprint density at radius 2 is 1.76 bits per heavy atom. The molecule has 4 atom stereocenters. The standard InChI is InChI=1S/C51H65FN12O8/c1-30(56-5)48(67)59-45(51(2,3)4)50(69)63-28-33-22-35(11-9-31(33)23-41(63)47(55)66)72-21-20-71-19-18-70-17-13-43(65)57-14-16-64-42(26-53)44-32-24-40(46(54)58-27-32)62-15-7-8-39(62)37-25-34(52)10-12-36(37)49(68)61(6)29-38(44)60-64/h9-12,22,24-25,27,30,39,41,45,56H,7-8,13-21,23,28-29H2,1-6H3,(H2,54,58)(H2,55,66)(H,57,65)(H,59,67)/t30-,39+,41-,45+/m0/s1. The minimum Gasteiger partial charge on any atom is -0.491 e. The summed E-state index contributed by atoms with van der Waals surface area (Å²) in [6.07, 6.45) is 3.37. The molecule has 7 rings (SSSR count). The Bertz CT molecular complexity index is 2720. The molecule has 2 bridgehead atoms. The predicted octanol–water partition coefficient (Wildman–Crippen LogP) is 2.96. The van der Waals surface area contributed by atoms with Crippen molar-refractivity contribution < 1.29 is 42.6 Å². The van der Waals surface area contributed by atoms with Crippen LogP contribution in [0.2, 0.25) is 0 Å². The summed E-state index contributed by atoms with van der Waals surface area (Å²) in [6.45, 7) is 9.46. The van der Waals surface area contributed by atoms with Gasteiger partial charge in [0, 0.05) is 62.4 Å². The van der Waals surface area contributed by atoms with E-state index in [9.17, 15) is 33.6 Å². The first-order chi connectivity index (χ1) is 34.4. The number of rotatable bonds is 18. The second kappa shape index (κ2) is 22.9. The number of fused-ring (bicyclic) bond motifs is 9. The average Bonchev–Trinajstić information content (AvgIpc) is 3.98. The Kier molecular flexibility index (Phi) is 16.8. The van der Waals surface area contributed by atoms with E-state index in [1.807, 2.05) is 43.9 Å². The molecule has 0 radical (unpaired) electrons.